The Hall–Kier alpha value is -6.08. The van der Waals surface area contributed by atoms with Crippen LogP contribution in [-0.4, -0.2) is 127 Å². The van der Waals surface area contributed by atoms with Crippen molar-refractivity contribution in [3.05, 3.63) is 81.5 Å². The Kier molecular flexibility index (Phi) is 15.9. The van der Waals surface area contributed by atoms with Gasteiger partial charge in [-0.05, 0) is 57.6 Å². The zero-order valence-electron chi connectivity index (χ0n) is 42.6. The van der Waals surface area contributed by atoms with Crippen LogP contribution in [0.4, 0.5) is 11.4 Å². The lowest BCUT2D eigenvalue weighted by atomic mass is 9.86. The highest BCUT2D eigenvalue weighted by Gasteiger charge is 2.50. The molecule has 9 rings (SSSR count). The summed E-state index contributed by atoms with van der Waals surface area (Å²) in [5.74, 6) is -5.88. The van der Waals surface area contributed by atoms with Crippen molar-refractivity contribution in [2.75, 3.05) is 43.4 Å². The van der Waals surface area contributed by atoms with Gasteiger partial charge in [0.15, 0.2) is 11.4 Å². The van der Waals surface area contributed by atoms with E-state index in [0.29, 0.717) is 62.8 Å². The summed E-state index contributed by atoms with van der Waals surface area (Å²) in [4.78, 5) is 73.9. The Morgan fingerprint density at radius 2 is 1.73 bits per heavy atom. The highest BCUT2D eigenvalue weighted by molar-refractivity contribution is 6.33. The summed E-state index contributed by atoms with van der Waals surface area (Å²) in [5.41, 5.74) is 0.140. The number of aliphatic hydroxyl groups excluding tert-OH is 2. The number of fused-ring (bicyclic) bond motifs is 13. The molecule has 19 heteroatoms. The molecular formula is C54H68ClN7O11. The van der Waals surface area contributed by atoms with Crippen LogP contribution in [0.25, 0.3) is 10.8 Å². The maximum absolute atomic E-state index is 14.8. The van der Waals surface area contributed by atoms with E-state index < -0.39 is 71.4 Å². The van der Waals surface area contributed by atoms with Gasteiger partial charge in [-0.1, -0.05) is 57.5 Å². The second-order valence-corrected chi connectivity index (χ2v) is 21.2. The zero-order valence-corrected chi connectivity index (χ0v) is 43.4. The van der Waals surface area contributed by atoms with Crippen molar-refractivity contribution in [1.82, 2.24) is 14.8 Å². The standard InChI is InChI=1S/C54H68ClN7O11/c1-29(2)28-61-22-17-54(18-23-61)59-44-41-42-48(67)33(6)50-43(41)51(69)53(7,73-50)71-24-9-8-13-35(72-40(65)26-39(64)62-20-15-34(16-21-62)57-37-14-19-56-27-36(37)55)25-38(63)32(5)47(66)30(3)11-10-12-31(4)52(70)58-46(49(42)68)45(44)60-54/h9-12,14,19,24,27,29-30,32,34-35,38,47,63,66-68H,8,13,15-18,20-23,25-26,28H2,1-7H3,(H,56,57)(H,58,70)/b11-10+,24-9+,31-12-/t30-,32-,35+,38?,47-,53-/m0/s1. The van der Waals surface area contributed by atoms with Crippen LogP contribution >= 0.6 is 11.6 Å². The van der Waals surface area contributed by atoms with Crippen LogP contribution < -0.4 is 26.1 Å². The molecule has 392 valence electrons. The molecule has 2 fully saturated rings. The monoisotopic (exact) mass is 1030 g/mol. The maximum atomic E-state index is 14.8. The fourth-order valence-electron chi connectivity index (χ4n) is 10.5. The number of benzene rings is 2. The molecule has 2 amide bonds. The van der Waals surface area contributed by atoms with Crippen molar-refractivity contribution in [1.29, 1.82) is 0 Å². The number of allylic oxidation sites excluding steroid dienone is 3. The van der Waals surface area contributed by atoms with Crippen LogP contribution in [0.1, 0.15) is 109 Å². The van der Waals surface area contributed by atoms with Crippen LogP contribution in [0, 0.1) is 24.7 Å². The maximum Gasteiger partial charge on any atom is 0.315 e. The minimum atomic E-state index is -1.94. The summed E-state index contributed by atoms with van der Waals surface area (Å²) in [7, 11) is 0. The number of pyridine rings is 1. The fraction of sp³-hybridized carbons (Fsp3) is 0.537. The number of aromatic nitrogens is 1. The number of nitrogens with zero attached hydrogens (tertiary/aromatic N) is 5. The largest absolute Gasteiger partial charge is 0.507 e. The number of phenols is 2. The topological polar surface area (TPSA) is 245 Å². The average Bonchev–Trinajstić information content (AvgIpc) is 3.85. The number of nitrogens with one attached hydrogen (secondary N) is 2. The minimum Gasteiger partial charge on any atom is -0.507 e. The van der Waals surface area contributed by atoms with Gasteiger partial charge in [-0.15, -0.1) is 0 Å². The number of halogens is 1. The third kappa shape index (κ3) is 11.2. The molecule has 0 saturated carbocycles. The Bertz CT molecular complexity index is 2870. The van der Waals surface area contributed by atoms with Crippen molar-refractivity contribution >= 4 is 57.3 Å². The number of esters is 1. The molecule has 7 heterocycles. The SMILES string of the molecule is C/C1=C/C=C/[C@H](C)[C@H](O)[C@@H](C)C(O)C[C@H](OC(=O)CC(=O)N2CCC(Nc3ccncc3Cl)CC2)CC/C=C/O[C@@]2(C)Oc3c(C)c(O)c4c(O)c(c5c(c4c3C2=O)=NC2(CCN(CC(C)C)CC2)N=5)NC1=O. The molecule has 0 radical (unpaired) electrons. The van der Waals surface area contributed by atoms with Gasteiger partial charge in [-0.2, -0.15) is 0 Å². The third-order valence-electron chi connectivity index (χ3n) is 14.9. The molecule has 73 heavy (non-hydrogen) atoms. The Morgan fingerprint density at radius 3 is 2.42 bits per heavy atom. The van der Waals surface area contributed by atoms with Crippen LogP contribution in [0.15, 0.2) is 64.6 Å². The number of phenolic OH excluding ortho intramolecular Hbond substituents is 2. The first-order valence-corrected chi connectivity index (χ1v) is 25.8. The highest BCUT2D eigenvalue weighted by Crippen LogP contribution is 2.50. The Morgan fingerprint density at radius 1 is 1.01 bits per heavy atom. The second kappa shape index (κ2) is 21.8. The van der Waals surface area contributed by atoms with Gasteiger partial charge in [-0.3, -0.25) is 34.1 Å². The number of piperidine rings is 2. The summed E-state index contributed by atoms with van der Waals surface area (Å²) < 4.78 is 18.3. The van der Waals surface area contributed by atoms with E-state index >= 15 is 0 Å². The van der Waals surface area contributed by atoms with E-state index in [1.54, 1.807) is 75.4 Å². The molecule has 18 nitrogen and oxygen atoms in total. The van der Waals surface area contributed by atoms with Gasteiger partial charge < -0.3 is 55.1 Å². The molecule has 2 saturated heterocycles. The quantitative estimate of drug-likeness (QED) is 0.0883. The first-order chi connectivity index (χ1) is 34.7. The molecule has 2 aromatic carbocycles. The lowest BCUT2D eigenvalue weighted by Gasteiger charge is -2.36. The van der Waals surface area contributed by atoms with E-state index in [1.165, 1.54) is 13.2 Å². The van der Waals surface area contributed by atoms with Crippen molar-refractivity contribution in [3.63, 3.8) is 0 Å². The number of rotatable bonds is 7. The predicted molar refractivity (Wildman–Crippen MR) is 274 cm³/mol. The number of hydrogen-bond donors (Lipinski definition) is 6. The number of hydrogen-bond acceptors (Lipinski definition) is 16. The van der Waals surface area contributed by atoms with Gasteiger partial charge in [-0.25, -0.2) is 0 Å². The van der Waals surface area contributed by atoms with Gasteiger partial charge in [0, 0.05) is 106 Å². The molecule has 6 atom stereocenters. The fourth-order valence-corrected chi connectivity index (χ4v) is 10.6. The molecule has 1 aromatic heterocycles. The van der Waals surface area contributed by atoms with E-state index in [-0.39, 0.29) is 86.6 Å². The summed E-state index contributed by atoms with van der Waals surface area (Å²) in [5, 5.41) is 54.1. The molecule has 1 unspecified atom stereocenters. The molecule has 0 aliphatic carbocycles. The van der Waals surface area contributed by atoms with Crippen LogP contribution in [-0.2, 0) is 23.9 Å². The summed E-state index contributed by atoms with van der Waals surface area (Å²) in [6.07, 6.45) is 10.1. The molecule has 1 spiro atoms. The number of carbonyl (C=O) groups is 4. The smallest absolute Gasteiger partial charge is 0.315 e. The molecule has 5 bridgehead atoms. The number of likely N-dealkylation sites (tertiary alicyclic amines) is 2. The van der Waals surface area contributed by atoms with E-state index in [9.17, 15) is 39.6 Å². The Labute approximate surface area is 429 Å². The molecule has 6 aliphatic rings. The lowest BCUT2D eigenvalue weighted by molar-refractivity contribution is -0.155. The number of ketones is 1. The summed E-state index contributed by atoms with van der Waals surface area (Å²) >= 11 is 6.28. The lowest BCUT2D eigenvalue weighted by Crippen LogP contribution is -2.43. The van der Waals surface area contributed by atoms with Gasteiger partial charge >= 0.3 is 11.8 Å². The highest BCUT2D eigenvalue weighted by atomic mass is 35.5. The van der Waals surface area contributed by atoms with Gasteiger partial charge in [0.1, 0.15) is 35.1 Å². The Balaban J connectivity index is 1.07. The van der Waals surface area contributed by atoms with Crippen LogP contribution in [0.2, 0.25) is 5.02 Å². The second-order valence-electron chi connectivity index (χ2n) is 20.8. The molecule has 6 N–H and O–H groups in total. The number of aliphatic hydroxyl groups is 2. The van der Waals surface area contributed by atoms with Crippen molar-refractivity contribution in [2.45, 2.75) is 136 Å². The first-order valence-electron chi connectivity index (χ1n) is 25.4. The number of aromatic hydroxyl groups is 2. The van der Waals surface area contributed by atoms with E-state index in [2.05, 4.69) is 34.4 Å². The van der Waals surface area contributed by atoms with Gasteiger partial charge in [0.2, 0.25) is 5.91 Å². The number of amides is 2. The van der Waals surface area contributed by atoms with Gasteiger partial charge in [0.05, 0.1) is 45.5 Å². The van der Waals surface area contributed by atoms with Crippen molar-refractivity contribution in [2.24, 2.45) is 27.7 Å². The third-order valence-corrected chi connectivity index (χ3v) is 15.2. The normalized spacial score (nSPS) is 27.6. The van der Waals surface area contributed by atoms with Gasteiger partial charge in [0.25, 0.3) is 11.7 Å². The van der Waals surface area contributed by atoms with E-state index in [0.717, 1.165) is 12.2 Å². The predicted octanol–water partition coefficient (Wildman–Crippen LogP) is 6.15. The number of Topliss-reactive ketones (excluding diaryl/α,β-unsaturated/α-hetero) is 1. The average molecular weight is 1030 g/mol. The zero-order chi connectivity index (χ0) is 52.5. The summed E-state index contributed by atoms with van der Waals surface area (Å²) in [6.45, 7) is 15.5. The van der Waals surface area contributed by atoms with Crippen molar-refractivity contribution < 1.29 is 53.8 Å². The van der Waals surface area contributed by atoms with E-state index in [1.807, 2.05) is 0 Å². The first kappa shape index (κ1) is 53.2. The van der Waals surface area contributed by atoms with Crippen LogP contribution in [0.3, 0.4) is 0 Å². The molecule has 6 aliphatic heterocycles. The number of ether oxygens (including phenoxy) is 3. The number of carbonyl (C=O) groups excluding carboxylic acids is 4. The number of anilines is 2. The van der Waals surface area contributed by atoms with E-state index in [4.69, 9.17) is 35.8 Å². The molecular weight excluding hydrogens is 958 g/mol. The minimum absolute atomic E-state index is 0.0337. The summed E-state index contributed by atoms with van der Waals surface area (Å²) in [6, 6.07) is 1.86. The molecule has 3 aromatic rings. The van der Waals surface area contributed by atoms with Crippen molar-refractivity contribution in [3.8, 4) is 17.2 Å². The van der Waals surface area contributed by atoms with Crippen LogP contribution in [0.5, 0.6) is 17.2 Å².